The third kappa shape index (κ3) is 3.87. The van der Waals surface area contributed by atoms with Crippen LogP contribution in [0.3, 0.4) is 0 Å². The second-order valence-corrected chi connectivity index (χ2v) is 5.92. The first kappa shape index (κ1) is 15.6. The van der Waals surface area contributed by atoms with E-state index >= 15 is 0 Å². The van der Waals surface area contributed by atoms with Crippen LogP contribution in [0.25, 0.3) is 0 Å². The van der Waals surface area contributed by atoms with Gasteiger partial charge in [0, 0.05) is 23.6 Å². The number of fused-ring (bicyclic) bond motifs is 1. The molecule has 1 aliphatic heterocycles. The summed E-state index contributed by atoms with van der Waals surface area (Å²) in [5.74, 6) is 1.65. The number of hydrogen-bond acceptors (Lipinski definition) is 4. The number of rotatable bonds is 7. The van der Waals surface area contributed by atoms with Gasteiger partial charge in [-0.3, -0.25) is 0 Å². The fourth-order valence-corrected chi connectivity index (χ4v) is 2.78. The van der Waals surface area contributed by atoms with E-state index in [1.807, 2.05) is 12.1 Å². The number of nitrogens with zero attached hydrogens (tertiary/aromatic N) is 1. The Morgan fingerprint density at radius 2 is 1.90 bits per heavy atom. The molecule has 1 aromatic carbocycles. The van der Waals surface area contributed by atoms with E-state index in [4.69, 9.17) is 9.47 Å². The van der Waals surface area contributed by atoms with E-state index in [1.165, 1.54) is 5.56 Å². The average molecular weight is 343 g/mol. The normalized spacial score (nSPS) is 14.8. The first-order valence-corrected chi connectivity index (χ1v) is 7.97. The summed E-state index contributed by atoms with van der Waals surface area (Å²) in [6, 6.07) is 4.48. The van der Waals surface area contributed by atoms with E-state index in [1.54, 1.807) is 0 Å². The molecule has 0 bridgehead atoms. The lowest BCUT2D eigenvalue weighted by atomic mass is 10.2. The molecule has 0 aliphatic carbocycles. The van der Waals surface area contributed by atoms with Gasteiger partial charge in [-0.1, -0.05) is 29.8 Å². The van der Waals surface area contributed by atoms with Crippen LogP contribution in [0.2, 0.25) is 0 Å². The zero-order valence-electron chi connectivity index (χ0n) is 12.4. The molecule has 112 valence electrons. The van der Waals surface area contributed by atoms with Gasteiger partial charge in [0.2, 0.25) is 6.79 Å². The Bertz CT molecular complexity index is 450. The molecular weight excluding hydrogens is 320 g/mol. The maximum Gasteiger partial charge on any atom is 0.231 e. The van der Waals surface area contributed by atoms with Crippen LogP contribution in [0, 0.1) is 0 Å². The standard InChI is InChI=1S/C15H23BrN2O2/c1-4-18(5-2)9-11(3)17-8-12-6-14-15(7-13(12)16)20-10-19-14/h6-7,11,17H,4-5,8-10H2,1-3H3. The summed E-state index contributed by atoms with van der Waals surface area (Å²) < 4.78 is 11.8. The van der Waals surface area contributed by atoms with Crippen molar-refractivity contribution in [1.29, 1.82) is 0 Å². The lowest BCUT2D eigenvalue weighted by molar-refractivity contribution is 0.174. The molecule has 1 heterocycles. The highest BCUT2D eigenvalue weighted by Gasteiger charge is 2.16. The predicted octanol–water partition coefficient (Wildman–Crippen LogP) is 3.00. The molecule has 0 saturated heterocycles. The Kier molecular flexibility index (Phi) is 5.69. The first-order chi connectivity index (χ1) is 9.63. The Labute approximate surface area is 129 Å². The highest BCUT2D eigenvalue weighted by molar-refractivity contribution is 9.10. The second kappa shape index (κ2) is 7.29. The molecule has 0 fully saturated rings. The summed E-state index contributed by atoms with van der Waals surface area (Å²) in [5.41, 5.74) is 1.20. The predicted molar refractivity (Wildman–Crippen MR) is 84.4 cm³/mol. The number of halogens is 1. The van der Waals surface area contributed by atoms with E-state index in [0.29, 0.717) is 12.8 Å². The van der Waals surface area contributed by atoms with Crippen molar-refractivity contribution in [3.05, 3.63) is 22.2 Å². The molecule has 1 atom stereocenters. The summed E-state index contributed by atoms with van der Waals surface area (Å²) in [6.45, 7) is 11.0. The number of nitrogens with one attached hydrogen (secondary N) is 1. The first-order valence-electron chi connectivity index (χ1n) is 7.17. The zero-order chi connectivity index (χ0) is 14.5. The Hall–Kier alpha value is -0.780. The minimum Gasteiger partial charge on any atom is -0.454 e. The van der Waals surface area contributed by atoms with Gasteiger partial charge in [-0.25, -0.2) is 0 Å². The molecule has 1 N–H and O–H groups in total. The summed E-state index contributed by atoms with van der Waals surface area (Å²) in [6.07, 6.45) is 0. The van der Waals surface area contributed by atoms with Crippen molar-refractivity contribution in [2.75, 3.05) is 26.4 Å². The Balaban J connectivity index is 1.90. The number of hydrogen-bond donors (Lipinski definition) is 1. The van der Waals surface area contributed by atoms with Gasteiger partial charge >= 0.3 is 0 Å². The fraction of sp³-hybridized carbons (Fsp3) is 0.600. The Morgan fingerprint density at radius 1 is 1.25 bits per heavy atom. The van der Waals surface area contributed by atoms with Crippen LogP contribution in [0.1, 0.15) is 26.3 Å². The van der Waals surface area contributed by atoms with E-state index < -0.39 is 0 Å². The van der Waals surface area contributed by atoms with Crippen molar-refractivity contribution in [2.24, 2.45) is 0 Å². The maximum atomic E-state index is 5.42. The van der Waals surface area contributed by atoms with Gasteiger partial charge in [-0.15, -0.1) is 0 Å². The molecular formula is C15H23BrN2O2. The lowest BCUT2D eigenvalue weighted by Gasteiger charge is -2.23. The molecule has 0 saturated carbocycles. The van der Waals surface area contributed by atoms with Gasteiger partial charge in [0.15, 0.2) is 11.5 Å². The highest BCUT2D eigenvalue weighted by atomic mass is 79.9. The van der Waals surface area contributed by atoms with Crippen molar-refractivity contribution in [2.45, 2.75) is 33.4 Å². The molecule has 0 spiro atoms. The Morgan fingerprint density at radius 3 is 2.55 bits per heavy atom. The van der Waals surface area contributed by atoms with E-state index in [9.17, 15) is 0 Å². The zero-order valence-corrected chi connectivity index (χ0v) is 14.0. The maximum absolute atomic E-state index is 5.42. The molecule has 0 radical (unpaired) electrons. The lowest BCUT2D eigenvalue weighted by Crippen LogP contribution is -2.38. The van der Waals surface area contributed by atoms with E-state index in [-0.39, 0.29) is 0 Å². The minimum atomic E-state index is 0.316. The highest BCUT2D eigenvalue weighted by Crippen LogP contribution is 2.36. The number of likely N-dealkylation sites (N-methyl/N-ethyl adjacent to an activating group) is 1. The van der Waals surface area contributed by atoms with Crippen LogP contribution in [0.5, 0.6) is 11.5 Å². The monoisotopic (exact) mass is 342 g/mol. The molecule has 1 unspecified atom stereocenters. The van der Waals surface area contributed by atoms with Crippen molar-refractivity contribution < 1.29 is 9.47 Å². The largest absolute Gasteiger partial charge is 0.454 e. The average Bonchev–Trinajstić information content (AvgIpc) is 2.89. The van der Waals surface area contributed by atoms with Crippen molar-refractivity contribution in [1.82, 2.24) is 10.2 Å². The summed E-state index contributed by atoms with van der Waals surface area (Å²) in [4.78, 5) is 2.42. The van der Waals surface area contributed by atoms with E-state index in [0.717, 1.165) is 42.2 Å². The van der Waals surface area contributed by atoms with Gasteiger partial charge in [0.25, 0.3) is 0 Å². The van der Waals surface area contributed by atoms with Crippen molar-refractivity contribution >= 4 is 15.9 Å². The van der Waals surface area contributed by atoms with Crippen LogP contribution in [-0.4, -0.2) is 37.4 Å². The van der Waals surface area contributed by atoms with Gasteiger partial charge in [0.05, 0.1) is 0 Å². The minimum absolute atomic E-state index is 0.316. The fourth-order valence-electron chi connectivity index (χ4n) is 2.31. The second-order valence-electron chi connectivity index (χ2n) is 5.06. The molecule has 5 heteroatoms. The number of ether oxygens (including phenoxy) is 2. The topological polar surface area (TPSA) is 33.7 Å². The van der Waals surface area contributed by atoms with Crippen molar-refractivity contribution in [3.8, 4) is 11.5 Å². The smallest absolute Gasteiger partial charge is 0.231 e. The molecule has 1 aromatic rings. The third-order valence-electron chi connectivity index (χ3n) is 3.61. The molecule has 0 aromatic heterocycles. The summed E-state index contributed by atoms with van der Waals surface area (Å²) in [7, 11) is 0. The van der Waals surface area contributed by atoms with Crippen LogP contribution in [0.4, 0.5) is 0 Å². The van der Waals surface area contributed by atoms with Crippen LogP contribution in [-0.2, 0) is 6.54 Å². The SMILES string of the molecule is CCN(CC)CC(C)NCc1cc2c(cc1Br)OCO2. The number of benzene rings is 1. The van der Waals surface area contributed by atoms with E-state index in [2.05, 4.69) is 46.9 Å². The van der Waals surface area contributed by atoms with Crippen LogP contribution >= 0.6 is 15.9 Å². The summed E-state index contributed by atoms with van der Waals surface area (Å²) in [5, 5.41) is 3.56. The molecule has 1 aliphatic rings. The van der Waals surface area contributed by atoms with Gasteiger partial charge in [-0.2, -0.15) is 0 Å². The van der Waals surface area contributed by atoms with Gasteiger partial charge in [0.1, 0.15) is 0 Å². The molecule has 2 rings (SSSR count). The molecule has 4 nitrogen and oxygen atoms in total. The summed E-state index contributed by atoms with van der Waals surface area (Å²) >= 11 is 3.59. The van der Waals surface area contributed by atoms with Gasteiger partial charge < -0.3 is 19.7 Å². The third-order valence-corrected chi connectivity index (χ3v) is 4.35. The van der Waals surface area contributed by atoms with Crippen LogP contribution < -0.4 is 14.8 Å². The van der Waals surface area contributed by atoms with Crippen molar-refractivity contribution in [3.63, 3.8) is 0 Å². The quantitative estimate of drug-likeness (QED) is 0.825. The molecule has 20 heavy (non-hydrogen) atoms. The molecule has 0 amide bonds. The van der Waals surface area contributed by atoms with Gasteiger partial charge in [-0.05, 0) is 37.7 Å². The van der Waals surface area contributed by atoms with Crippen LogP contribution in [0.15, 0.2) is 16.6 Å².